The van der Waals surface area contributed by atoms with Crippen LogP contribution in [-0.2, 0) is 14.2 Å². The summed E-state index contributed by atoms with van der Waals surface area (Å²) in [5.41, 5.74) is 0. The summed E-state index contributed by atoms with van der Waals surface area (Å²) in [5, 5.41) is 9.81. The van der Waals surface area contributed by atoms with Crippen molar-refractivity contribution in [2.45, 2.75) is 32.1 Å². The van der Waals surface area contributed by atoms with Crippen molar-refractivity contribution in [3.63, 3.8) is 0 Å². The molecule has 0 saturated carbocycles. The number of rotatable bonds is 10. The van der Waals surface area contributed by atoms with Crippen LogP contribution < -0.4 is 0 Å². The van der Waals surface area contributed by atoms with E-state index >= 15 is 0 Å². The van der Waals surface area contributed by atoms with Crippen molar-refractivity contribution in [2.75, 3.05) is 47.6 Å². The van der Waals surface area contributed by atoms with Gasteiger partial charge in [0.15, 0.2) is 0 Å². The van der Waals surface area contributed by atoms with Crippen molar-refractivity contribution in [1.29, 1.82) is 0 Å². The maximum Gasteiger partial charge on any atom is 0.0900 e. The van der Waals surface area contributed by atoms with Gasteiger partial charge in [-0.15, -0.1) is 0 Å². The molecule has 5 nitrogen and oxygen atoms in total. The molecule has 0 aromatic carbocycles. The molecular formula is C12H27NO4. The minimum absolute atomic E-state index is 0.0105. The van der Waals surface area contributed by atoms with Crippen molar-refractivity contribution >= 4 is 0 Å². The summed E-state index contributed by atoms with van der Waals surface area (Å²) in [4.78, 5) is 2.05. The van der Waals surface area contributed by atoms with E-state index in [0.717, 1.165) is 0 Å². The van der Waals surface area contributed by atoms with E-state index in [1.165, 1.54) is 0 Å². The Morgan fingerprint density at radius 3 is 2.18 bits per heavy atom. The van der Waals surface area contributed by atoms with Gasteiger partial charge in [0.05, 0.1) is 32.0 Å². The molecule has 0 rings (SSSR count). The van der Waals surface area contributed by atoms with Crippen LogP contribution in [0.2, 0.25) is 0 Å². The maximum absolute atomic E-state index is 9.81. The largest absolute Gasteiger partial charge is 0.389 e. The molecule has 0 aromatic heterocycles. The van der Waals surface area contributed by atoms with Crippen molar-refractivity contribution in [1.82, 2.24) is 4.90 Å². The van der Waals surface area contributed by atoms with E-state index in [0.29, 0.717) is 26.4 Å². The van der Waals surface area contributed by atoms with Gasteiger partial charge in [0.25, 0.3) is 0 Å². The fourth-order valence-corrected chi connectivity index (χ4v) is 1.49. The lowest BCUT2D eigenvalue weighted by molar-refractivity contribution is -0.0421. The highest BCUT2D eigenvalue weighted by Crippen LogP contribution is 2.00. The van der Waals surface area contributed by atoms with Gasteiger partial charge in [0, 0.05) is 26.8 Å². The fraction of sp³-hybridized carbons (Fsp3) is 1.00. The first kappa shape index (κ1) is 16.8. The summed E-state index contributed by atoms with van der Waals surface area (Å²) in [5.74, 6) is 0. The second-order valence-electron chi connectivity index (χ2n) is 4.50. The minimum Gasteiger partial charge on any atom is -0.389 e. The predicted molar refractivity (Wildman–Crippen MR) is 67.3 cm³/mol. The molecule has 0 fully saturated rings. The monoisotopic (exact) mass is 249 g/mol. The van der Waals surface area contributed by atoms with Crippen LogP contribution in [0.4, 0.5) is 0 Å². The van der Waals surface area contributed by atoms with E-state index < -0.39 is 6.10 Å². The Morgan fingerprint density at radius 2 is 1.65 bits per heavy atom. The van der Waals surface area contributed by atoms with Gasteiger partial charge in [-0.2, -0.15) is 0 Å². The van der Waals surface area contributed by atoms with Gasteiger partial charge in [0.2, 0.25) is 0 Å². The minimum atomic E-state index is -0.487. The zero-order valence-corrected chi connectivity index (χ0v) is 11.7. The number of hydrogen-bond donors (Lipinski definition) is 1. The molecule has 0 heterocycles. The summed E-state index contributed by atoms with van der Waals surface area (Å²) in [7, 11) is 5.28. The third-order valence-electron chi connectivity index (χ3n) is 2.63. The Hall–Kier alpha value is -0.200. The normalized spacial score (nSPS) is 17.1. The average molecular weight is 249 g/mol. The Labute approximate surface area is 105 Å². The molecule has 0 radical (unpaired) electrons. The fourth-order valence-electron chi connectivity index (χ4n) is 1.49. The van der Waals surface area contributed by atoms with E-state index in [4.69, 9.17) is 14.2 Å². The highest BCUT2D eigenvalue weighted by Gasteiger charge is 2.14. The number of likely N-dealkylation sites (N-methyl/N-ethyl adjacent to an activating group) is 1. The average Bonchev–Trinajstić information content (AvgIpc) is 2.27. The Bertz CT molecular complexity index is 180. The molecule has 0 saturated heterocycles. The zero-order chi connectivity index (χ0) is 13.3. The summed E-state index contributed by atoms with van der Waals surface area (Å²) in [6, 6.07) is 0.283. The second-order valence-corrected chi connectivity index (χ2v) is 4.50. The van der Waals surface area contributed by atoms with Gasteiger partial charge < -0.3 is 19.3 Å². The third-order valence-corrected chi connectivity index (χ3v) is 2.63. The van der Waals surface area contributed by atoms with Crippen LogP contribution in [-0.4, -0.2) is 75.9 Å². The Balaban J connectivity index is 3.73. The number of aliphatic hydroxyl groups excluding tert-OH is 1. The molecule has 1 N–H and O–H groups in total. The molecule has 0 aliphatic carbocycles. The summed E-state index contributed by atoms with van der Waals surface area (Å²) < 4.78 is 15.5. The first-order chi connectivity index (χ1) is 8.01. The Morgan fingerprint density at radius 1 is 1.06 bits per heavy atom. The molecule has 0 bridgehead atoms. The molecule has 0 aliphatic rings. The maximum atomic E-state index is 9.81. The predicted octanol–water partition coefficient (Wildman–Crippen LogP) is 0.366. The molecule has 17 heavy (non-hydrogen) atoms. The van der Waals surface area contributed by atoms with Crippen LogP contribution >= 0.6 is 0 Å². The molecule has 0 amide bonds. The molecular weight excluding hydrogens is 222 g/mol. The molecule has 104 valence electrons. The zero-order valence-electron chi connectivity index (χ0n) is 11.7. The number of methoxy groups -OCH3 is 2. The lowest BCUT2D eigenvalue weighted by atomic mass is 10.2. The van der Waals surface area contributed by atoms with Crippen LogP contribution in [0.3, 0.4) is 0 Å². The lowest BCUT2D eigenvalue weighted by Gasteiger charge is -2.26. The SMILES string of the molecule is COCC(C)OCC(O)CN(C)C(C)COC. The van der Waals surface area contributed by atoms with E-state index in [2.05, 4.69) is 11.8 Å². The first-order valence-corrected chi connectivity index (χ1v) is 5.99. The van der Waals surface area contributed by atoms with Crippen LogP contribution in [0.1, 0.15) is 13.8 Å². The van der Waals surface area contributed by atoms with Crippen molar-refractivity contribution in [3.05, 3.63) is 0 Å². The van der Waals surface area contributed by atoms with Gasteiger partial charge in [0.1, 0.15) is 0 Å². The van der Waals surface area contributed by atoms with E-state index in [-0.39, 0.29) is 12.1 Å². The van der Waals surface area contributed by atoms with E-state index in [1.807, 2.05) is 14.0 Å². The molecule has 3 atom stereocenters. The molecule has 0 aromatic rings. The number of hydrogen-bond acceptors (Lipinski definition) is 5. The Kier molecular flexibility index (Phi) is 9.68. The van der Waals surface area contributed by atoms with Crippen molar-refractivity contribution in [3.8, 4) is 0 Å². The van der Waals surface area contributed by atoms with E-state index in [1.54, 1.807) is 14.2 Å². The number of ether oxygens (including phenoxy) is 3. The van der Waals surface area contributed by atoms with Gasteiger partial charge in [-0.1, -0.05) is 0 Å². The van der Waals surface area contributed by atoms with Gasteiger partial charge in [-0.25, -0.2) is 0 Å². The van der Waals surface area contributed by atoms with Crippen LogP contribution in [0, 0.1) is 0 Å². The van der Waals surface area contributed by atoms with Crippen LogP contribution in [0.25, 0.3) is 0 Å². The molecule has 5 heteroatoms. The van der Waals surface area contributed by atoms with Gasteiger partial charge in [-0.3, -0.25) is 4.90 Å². The quantitative estimate of drug-likeness (QED) is 0.606. The van der Waals surface area contributed by atoms with Crippen molar-refractivity contribution < 1.29 is 19.3 Å². The number of aliphatic hydroxyl groups is 1. The standard InChI is InChI=1S/C12H27NO4/c1-10(7-15-4)13(3)6-12(14)9-17-11(2)8-16-5/h10-12,14H,6-9H2,1-5H3. The van der Waals surface area contributed by atoms with E-state index in [9.17, 15) is 5.11 Å². The number of nitrogens with zero attached hydrogens (tertiary/aromatic N) is 1. The smallest absolute Gasteiger partial charge is 0.0900 e. The molecule has 0 aliphatic heterocycles. The van der Waals surface area contributed by atoms with Crippen LogP contribution in [0.5, 0.6) is 0 Å². The highest BCUT2D eigenvalue weighted by molar-refractivity contribution is 4.67. The van der Waals surface area contributed by atoms with Gasteiger partial charge in [-0.05, 0) is 20.9 Å². The lowest BCUT2D eigenvalue weighted by Crippen LogP contribution is -2.40. The summed E-state index contributed by atoms with van der Waals surface area (Å²) in [6.45, 7) is 6.09. The van der Waals surface area contributed by atoms with Crippen LogP contribution in [0.15, 0.2) is 0 Å². The first-order valence-electron chi connectivity index (χ1n) is 5.99. The highest BCUT2D eigenvalue weighted by atomic mass is 16.5. The second kappa shape index (κ2) is 9.79. The van der Waals surface area contributed by atoms with Crippen molar-refractivity contribution in [2.24, 2.45) is 0 Å². The van der Waals surface area contributed by atoms with Gasteiger partial charge >= 0.3 is 0 Å². The molecule has 3 unspecified atom stereocenters. The topological polar surface area (TPSA) is 51.2 Å². The third kappa shape index (κ3) is 8.51. The summed E-state index contributed by atoms with van der Waals surface area (Å²) in [6.07, 6.45) is -0.477. The summed E-state index contributed by atoms with van der Waals surface area (Å²) >= 11 is 0. The molecule has 0 spiro atoms.